The predicted molar refractivity (Wildman–Crippen MR) is 97.9 cm³/mol. The van der Waals surface area contributed by atoms with E-state index in [2.05, 4.69) is 25.0 Å². The van der Waals surface area contributed by atoms with Crippen molar-refractivity contribution >= 4 is 5.91 Å². The highest BCUT2D eigenvalue weighted by atomic mass is 16.5. The molecule has 1 amide bonds. The molecule has 1 aromatic carbocycles. The number of rotatable bonds is 5. The monoisotopic (exact) mass is 341 g/mol. The van der Waals surface area contributed by atoms with E-state index in [0.717, 1.165) is 49.4 Å². The number of hydrogen-bond acceptors (Lipinski definition) is 3. The molecule has 0 spiro atoms. The standard InChI is InChI=1S/C20H27N3O2/c1-4-17-12-18(22(3)21-17)20(24)23-11-7-9-16(13-23)14-25-19-10-6-5-8-15(19)2/h5-6,8,10,12,16H,4,7,9,11,13-14H2,1-3H3/t16-/m1/s1. The van der Waals surface area contributed by atoms with E-state index in [4.69, 9.17) is 4.74 Å². The molecular formula is C20H27N3O2. The molecule has 0 N–H and O–H groups in total. The van der Waals surface area contributed by atoms with Gasteiger partial charge in [-0.25, -0.2) is 0 Å². The minimum atomic E-state index is 0.0790. The molecule has 2 aromatic rings. The van der Waals surface area contributed by atoms with Gasteiger partial charge in [-0.1, -0.05) is 25.1 Å². The van der Waals surface area contributed by atoms with Gasteiger partial charge in [0, 0.05) is 26.1 Å². The van der Waals surface area contributed by atoms with Crippen LogP contribution in [0.3, 0.4) is 0 Å². The summed E-state index contributed by atoms with van der Waals surface area (Å²) in [5.74, 6) is 1.39. The van der Waals surface area contributed by atoms with Crippen LogP contribution in [-0.2, 0) is 13.5 Å². The van der Waals surface area contributed by atoms with Gasteiger partial charge < -0.3 is 9.64 Å². The van der Waals surface area contributed by atoms with Crippen LogP contribution in [-0.4, -0.2) is 40.3 Å². The average molecular weight is 341 g/mol. The van der Waals surface area contributed by atoms with Crippen molar-refractivity contribution in [3.8, 4) is 5.75 Å². The maximum absolute atomic E-state index is 12.8. The number of piperidine rings is 1. The van der Waals surface area contributed by atoms with E-state index in [0.29, 0.717) is 18.2 Å². The van der Waals surface area contributed by atoms with Crippen LogP contribution in [0.25, 0.3) is 0 Å². The Labute approximate surface area is 149 Å². The zero-order chi connectivity index (χ0) is 17.8. The van der Waals surface area contributed by atoms with E-state index >= 15 is 0 Å². The minimum Gasteiger partial charge on any atom is -0.493 e. The summed E-state index contributed by atoms with van der Waals surface area (Å²) in [4.78, 5) is 14.8. The molecule has 1 aliphatic rings. The molecule has 0 bridgehead atoms. The number of likely N-dealkylation sites (tertiary alicyclic amines) is 1. The normalized spacial score (nSPS) is 17.6. The molecule has 0 saturated carbocycles. The SMILES string of the molecule is CCc1cc(C(=O)N2CCC[C@@H](COc3ccccc3C)C2)n(C)n1. The first-order chi connectivity index (χ1) is 12.1. The fourth-order valence-corrected chi connectivity index (χ4v) is 3.37. The molecule has 0 unspecified atom stereocenters. The van der Waals surface area contributed by atoms with E-state index in [1.54, 1.807) is 4.68 Å². The number of hydrogen-bond donors (Lipinski definition) is 0. The molecule has 1 aliphatic heterocycles. The van der Waals surface area contributed by atoms with Gasteiger partial charge in [0.15, 0.2) is 0 Å². The van der Waals surface area contributed by atoms with Crippen LogP contribution in [0.4, 0.5) is 0 Å². The summed E-state index contributed by atoms with van der Waals surface area (Å²) in [5, 5.41) is 4.39. The summed E-state index contributed by atoms with van der Waals surface area (Å²) in [6.45, 7) is 6.32. The molecule has 1 saturated heterocycles. The lowest BCUT2D eigenvalue weighted by molar-refractivity contribution is 0.0622. The van der Waals surface area contributed by atoms with Gasteiger partial charge in [0.05, 0.1) is 12.3 Å². The number of benzene rings is 1. The lowest BCUT2D eigenvalue weighted by atomic mass is 9.98. The Kier molecular flexibility index (Phi) is 5.41. The average Bonchev–Trinajstić information content (AvgIpc) is 3.01. The van der Waals surface area contributed by atoms with Crippen LogP contribution in [0.2, 0.25) is 0 Å². The third kappa shape index (κ3) is 4.03. The van der Waals surface area contributed by atoms with Crippen LogP contribution in [0, 0.1) is 12.8 Å². The van der Waals surface area contributed by atoms with Gasteiger partial charge in [-0.3, -0.25) is 9.48 Å². The summed E-state index contributed by atoms with van der Waals surface area (Å²) < 4.78 is 7.70. The number of amides is 1. The Morgan fingerprint density at radius 2 is 2.16 bits per heavy atom. The molecule has 1 aromatic heterocycles. The Balaban J connectivity index is 1.61. The quantitative estimate of drug-likeness (QED) is 0.839. The van der Waals surface area contributed by atoms with Crippen molar-refractivity contribution < 1.29 is 9.53 Å². The fourth-order valence-electron chi connectivity index (χ4n) is 3.37. The molecule has 2 heterocycles. The highest BCUT2D eigenvalue weighted by Gasteiger charge is 2.27. The lowest BCUT2D eigenvalue weighted by Crippen LogP contribution is -2.42. The zero-order valence-corrected chi connectivity index (χ0v) is 15.4. The van der Waals surface area contributed by atoms with Gasteiger partial charge in [0.1, 0.15) is 11.4 Å². The third-order valence-electron chi connectivity index (χ3n) is 4.89. The largest absolute Gasteiger partial charge is 0.493 e. The summed E-state index contributed by atoms with van der Waals surface area (Å²) in [6, 6.07) is 9.98. The summed E-state index contributed by atoms with van der Waals surface area (Å²) in [5.41, 5.74) is 2.79. The molecule has 1 fully saturated rings. The van der Waals surface area contributed by atoms with Gasteiger partial charge in [0.25, 0.3) is 5.91 Å². The van der Waals surface area contributed by atoms with E-state index in [1.807, 2.05) is 36.2 Å². The van der Waals surface area contributed by atoms with Crippen molar-refractivity contribution in [1.29, 1.82) is 0 Å². The van der Waals surface area contributed by atoms with Gasteiger partial charge >= 0.3 is 0 Å². The number of nitrogens with zero attached hydrogens (tertiary/aromatic N) is 3. The zero-order valence-electron chi connectivity index (χ0n) is 15.4. The van der Waals surface area contributed by atoms with E-state index in [1.165, 1.54) is 0 Å². The van der Waals surface area contributed by atoms with Crippen molar-refractivity contribution in [2.24, 2.45) is 13.0 Å². The third-order valence-corrected chi connectivity index (χ3v) is 4.89. The van der Waals surface area contributed by atoms with Crippen LogP contribution in [0.15, 0.2) is 30.3 Å². The maximum Gasteiger partial charge on any atom is 0.272 e. The van der Waals surface area contributed by atoms with Crippen molar-refractivity contribution in [2.45, 2.75) is 33.1 Å². The maximum atomic E-state index is 12.8. The fraction of sp³-hybridized carbons (Fsp3) is 0.500. The Bertz CT molecular complexity index is 738. The van der Waals surface area contributed by atoms with Crippen LogP contribution < -0.4 is 4.74 Å². The second kappa shape index (κ2) is 7.72. The van der Waals surface area contributed by atoms with Crippen LogP contribution in [0.5, 0.6) is 5.75 Å². The van der Waals surface area contributed by atoms with Crippen LogP contribution in [0.1, 0.15) is 41.5 Å². The molecule has 3 rings (SSSR count). The molecule has 0 aliphatic carbocycles. The van der Waals surface area contributed by atoms with Crippen LogP contribution >= 0.6 is 0 Å². The van der Waals surface area contributed by atoms with Crippen molar-refractivity contribution in [2.75, 3.05) is 19.7 Å². The van der Waals surface area contributed by atoms with Crippen molar-refractivity contribution in [3.05, 3.63) is 47.3 Å². The van der Waals surface area contributed by atoms with E-state index in [-0.39, 0.29) is 5.91 Å². The summed E-state index contributed by atoms with van der Waals surface area (Å²) in [6.07, 6.45) is 2.96. The number of aromatic nitrogens is 2. The first kappa shape index (κ1) is 17.5. The first-order valence-corrected chi connectivity index (χ1v) is 9.09. The number of ether oxygens (including phenoxy) is 1. The molecule has 5 heteroatoms. The van der Waals surface area contributed by atoms with Gasteiger partial charge in [-0.15, -0.1) is 0 Å². The molecule has 0 radical (unpaired) electrons. The number of para-hydroxylation sites is 1. The summed E-state index contributed by atoms with van der Waals surface area (Å²) in [7, 11) is 1.84. The van der Waals surface area contributed by atoms with Gasteiger partial charge in [-0.05, 0) is 43.9 Å². The van der Waals surface area contributed by atoms with Gasteiger partial charge in [0.2, 0.25) is 0 Å². The Hall–Kier alpha value is -2.30. The van der Waals surface area contributed by atoms with Crippen molar-refractivity contribution in [1.82, 2.24) is 14.7 Å². The molecule has 5 nitrogen and oxygen atoms in total. The van der Waals surface area contributed by atoms with E-state index < -0.39 is 0 Å². The summed E-state index contributed by atoms with van der Waals surface area (Å²) >= 11 is 0. The predicted octanol–water partition coefficient (Wildman–Crippen LogP) is 3.22. The van der Waals surface area contributed by atoms with Gasteiger partial charge in [-0.2, -0.15) is 5.10 Å². The van der Waals surface area contributed by atoms with E-state index in [9.17, 15) is 4.79 Å². The molecule has 134 valence electrons. The highest BCUT2D eigenvalue weighted by Crippen LogP contribution is 2.22. The molecular weight excluding hydrogens is 314 g/mol. The Morgan fingerprint density at radius 3 is 2.88 bits per heavy atom. The lowest BCUT2D eigenvalue weighted by Gasteiger charge is -2.32. The number of carbonyl (C=O) groups is 1. The minimum absolute atomic E-state index is 0.0790. The van der Waals surface area contributed by atoms with Crippen molar-refractivity contribution in [3.63, 3.8) is 0 Å². The second-order valence-corrected chi connectivity index (χ2v) is 6.83. The number of aryl methyl sites for hydroxylation is 3. The first-order valence-electron chi connectivity index (χ1n) is 9.09. The number of carbonyl (C=O) groups excluding carboxylic acids is 1. The molecule has 1 atom stereocenters. The Morgan fingerprint density at radius 1 is 1.36 bits per heavy atom. The highest BCUT2D eigenvalue weighted by molar-refractivity contribution is 5.92. The topological polar surface area (TPSA) is 47.4 Å². The second-order valence-electron chi connectivity index (χ2n) is 6.83. The smallest absolute Gasteiger partial charge is 0.272 e. The molecule has 25 heavy (non-hydrogen) atoms.